The summed E-state index contributed by atoms with van der Waals surface area (Å²) in [6.07, 6.45) is -2.17. The van der Waals surface area contributed by atoms with Gasteiger partial charge in [0.25, 0.3) is 0 Å². The lowest BCUT2D eigenvalue weighted by molar-refractivity contribution is -0.0884. The number of nitrogens with zero attached hydrogens (tertiary/aromatic N) is 1. The van der Waals surface area contributed by atoms with Crippen LogP contribution < -0.4 is 5.73 Å². The summed E-state index contributed by atoms with van der Waals surface area (Å²) in [7, 11) is 0. The molecule has 9 nitrogen and oxygen atoms in total. The Hall–Kier alpha value is -1.04. The number of ether oxygens (including phenoxy) is 5. The fourth-order valence-electron chi connectivity index (χ4n) is 2.37. The summed E-state index contributed by atoms with van der Waals surface area (Å²) in [5.41, 5.74) is 3.92. The summed E-state index contributed by atoms with van der Waals surface area (Å²) < 4.78 is 40.5. The zero-order chi connectivity index (χ0) is 23.0. The minimum atomic E-state index is -1.21. The zero-order valence-corrected chi connectivity index (χ0v) is 19.2. The Morgan fingerprint density at radius 2 is 1.27 bits per heavy atom. The van der Waals surface area contributed by atoms with Gasteiger partial charge in [0.2, 0.25) is 0 Å². The average Bonchev–Trinajstić information content (AvgIpc) is 2.65. The second-order valence-corrected chi connectivity index (χ2v) is 8.21. The van der Waals surface area contributed by atoms with Crippen LogP contribution in [-0.4, -0.2) is 106 Å². The monoisotopic (exact) mass is 440 g/mol. The number of amides is 1. The highest BCUT2D eigenvalue weighted by molar-refractivity contribution is 5.65. The molecule has 0 aromatic carbocycles. The van der Waals surface area contributed by atoms with E-state index in [1.807, 2.05) is 20.8 Å². The predicted molar refractivity (Wildman–Crippen MR) is 112 cm³/mol. The van der Waals surface area contributed by atoms with Crippen LogP contribution in [0, 0.1) is 0 Å². The standard InChI is InChI=1S/C20H41FN2O7/c1-19(2,3)23(18(24)25)6-7-26-8-9-27-10-11-28-12-13-29-14-15-30-20(4,5)17(21)16-22/h17H,6-16,22H2,1-5H3,(H,24,25). The third kappa shape index (κ3) is 14.1. The van der Waals surface area contributed by atoms with Gasteiger partial charge in [-0.15, -0.1) is 0 Å². The highest BCUT2D eigenvalue weighted by Gasteiger charge is 2.29. The fraction of sp³-hybridized carbons (Fsp3) is 0.950. The van der Waals surface area contributed by atoms with Crippen molar-refractivity contribution in [2.45, 2.75) is 51.9 Å². The van der Waals surface area contributed by atoms with Gasteiger partial charge >= 0.3 is 6.09 Å². The molecule has 0 aliphatic heterocycles. The molecule has 0 saturated heterocycles. The van der Waals surface area contributed by atoms with Crippen molar-refractivity contribution in [3.05, 3.63) is 0 Å². The minimum Gasteiger partial charge on any atom is -0.465 e. The molecule has 1 unspecified atom stereocenters. The van der Waals surface area contributed by atoms with Crippen molar-refractivity contribution in [3.63, 3.8) is 0 Å². The number of halogens is 1. The van der Waals surface area contributed by atoms with Gasteiger partial charge in [0.1, 0.15) is 6.17 Å². The second-order valence-electron chi connectivity index (χ2n) is 8.21. The minimum absolute atomic E-state index is 0.0730. The maximum atomic E-state index is 13.5. The number of carboxylic acid groups (broad SMARTS) is 1. The van der Waals surface area contributed by atoms with Crippen molar-refractivity contribution < 1.29 is 38.0 Å². The maximum absolute atomic E-state index is 13.5. The molecule has 0 bridgehead atoms. The molecule has 1 atom stereocenters. The third-order valence-corrected chi connectivity index (χ3v) is 4.28. The molecular formula is C20H41FN2O7. The molecule has 1 amide bonds. The predicted octanol–water partition coefficient (Wildman–Crippen LogP) is 1.92. The molecule has 3 N–H and O–H groups in total. The molecule has 0 spiro atoms. The summed E-state index contributed by atoms with van der Waals surface area (Å²) >= 11 is 0. The molecule has 0 aromatic rings. The number of hydrogen-bond donors (Lipinski definition) is 2. The van der Waals surface area contributed by atoms with Crippen LogP contribution in [-0.2, 0) is 23.7 Å². The van der Waals surface area contributed by atoms with E-state index in [9.17, 15) is 14.3 Å². The van der Waals surface area contributed by atoms with Gasteiger partial charge in [0, 0.05) is 18.6 Å². The average molecular weight is 441 g/mol. The van der Waals surface area contributed by atoms with Crippen LogP contribution >= 0.6 is 0 Å². The lowest BCUT2D eigenvalue weighted by Crippen LogP contribution is -2.46. The van der Waals surface area contributed by atoms with Crippen LogP contribution in [0.1, 0.15) is 34.6 Å². The molecular weight excluding hydrogens is 399 g/mol. The van der Waals surface area contributed by atoms with Gasteiger partial charge in [-0.25, -0.2) is 9.18 Å². The Labute approximate surface area is 179 Å². The molecule has 0 heterocycles. The van der Waals surface area contributed by atoms with E-state index < -0.39 is 23.4 Å². The van der Waals surface area contributed by atoms with E-state index in [2.05, 4.69) is 0 Å². The Kier molecular flexibility index (Phi) is 15.2. The normalized spacial score (nSPS) is 13.4. The molecule has 0 rings (SSSR count). The maximum Gasteiger partial charge on any atom is 0.407 e. The van der Waals surface area contributed by atoms with Crippen molar-refractivity contribution in [1.29, 1.82) is 0 Å². The molecule has 30 heavy (non-hydrogen) atoms. The summed E-state index contributed by atoms with van der Waals surface area (Å²) in [6, 6.07) is 0. The Balaban J connectivity index is 3.44. The smallest absolute Gasteiger partial charge is 0.407 e. The van der Waals surface area contributed by atoms with Crippen LogP contribution in [0.15, 0.2) is 0 Å². The number of nitrogens with two attached hydrogens (primary N) is 1. The van der Waals surface area contributed by atoms with Crippen LogP contribution in [0.3, 0.4) is 0 Å². The topological polar surface area (TPSA) is 113 Å². The van der Waals surface area contributed by atoms with Crippen molar-refractivity contribution in [3.8, 4) is 0 Å². The first-order valence-corrected chi connectivity index (χ1v) is 10.3. The molecule has 0 aromatic heterocycles. The van der Waals surface area contributed by atoms with Gasteiger partial charge < -0.3 is 39.4 Å². The van der Waals surface area contributed by atoms with E-state index in [0.29, 0.717) is 59.4 Å². The van der Waals surface area contributed by atoms with E-state index >= 15 is 0 Å². The Morgan fingerprint density at radius 3 is 1.63 bits per heavy atom. The fourth-order valence-corrected chi connectivity index (χ4v) is 2.37. The van der Waals surface area contributed by atoms with E-state index in [4.69, 9.17) is 29.4 Å². The van der Waals surface area contributed by atoms with Crippen molar-refractivity contribution in [2.75, 3.05) is 72.6 Å². The van der Waals surface area contributed by atoms with Gasteiger partial charge in [-0.1, -0.05) is 0 Å². The number of hydrogen-bond acceptors (Lipinski definition) is 7. The highest BCUT2D eigenvalue weighted by atomic mass is 19.1. The zero-order valence-electron chi connectivity index (χ0n) is 19.2. The molecule has 0 aliphatic rings. The molecule has 0 aliphatic carbocycles. The van der Waals surface area contributed by atoms with E-state index in [1.165, 1.54) is 4.90 Å². The molecule has 0 radical (unpaired) electrons. The quantitative estimate of drug-likeness (QED) is 0.311. The van der Waals surface area contributed by atoms with Gasteiger partial charge in [-0.3, -0.25) is 0 Å². The Morgan fingerprint density at radius 1 is 0.867 bits per heavy atom. The lowest BCUT2D eigenvalue weighted by atomic mass is 10.0. The van der Waals surface area contributed by atoms with Crippen molar-refractivity contribution >= 4 is 6.09 Å². The third-order valence-electron chi connectivity index (χ3n) is 4.28. The van der Waals surface area contributed by atoms with Gasteiger partial charge in [0.15, 0.2) is 0 Å². The molecule has 0 saturated carbocycles. The Bertz CT molecular complexity index is 447. The lowest BCUT2D eigenvalue weighted by Gasteiger charge is -2.32. The van der Waals surface area contributed by atoms with E-state index in [-0.39, 0.29) is 13.2 Å². The summed E-state index contributed by atoms with van der Waals surface area (Å²) in [5.74, 6) is 0. The van der Waals surface area contributed by atoms with Gasteiger partial charge in [-0.05, 0) is 34.6 Å². The molecule has 180 valence electrons. The summed E-state index contributed by atoms with van der Waals surface area (Å²) in [5, 5.41) is 9.17. The molecule has 0 fully saturated rings. The van der Waals surface area contributed by atoms with Crippen LogP contribution in [0.2, 0.25) is 0 Å². The molecule has 10 heteroatoms. The van der Waals surface area contributed by atoms with E-state index in [0.717, 1.165) is 0 Å². The van der Waals surface area contributed by atoms with Gasteiger partial charge in [-0.2, -0.15) is 0 Å². The number of carbonyl (C=O) groups is 1. The SMILES string of the molecule is CC(C)(OCCOCCOCCOCCOCCN(C(=O)O)C(C)(C)C)C(F)CN. The van der Waals surface area contributed by atoms with E-state index in [1.54, 1.807) is 13.8 Å². The van der Waals surface area contributed by atoms with Crippen LogP contribution in [0.4, 0.5) is 9.18 Å². The first kappa shape index (κ1) is 29.0. The number of alkyl halides is 1. The van der Waals surface area contributed by atoms with Crippen molar-refractivity contribution in [2.24, 2.45) is 5.73 Å². The highest BCUT2D eigenvalue weighted by Crippen LogP contribution is 2.17. The van der Waals surface area contributed by atoms with Crippen molar-refractivity contribution in [1.82, 2.24) is 4.90 Å². The second kappa shape index (κ2) is 15.7. The van der Waals surface area contributed by atoms with Crippen LogP contribution in [0.25, 0.3) is 0 Å². The largest absolute Gasteiger partial charge is 0.465 e. The number of rotatable bonds is 18. The summed E-state index contributed by atoms with van der Waals surface area (Å²) in [4.78, 5) is 12.5. The van der Waals surface area contributed by atoms with Crippen LogP contribution in [0.5, 0.6) is 0 Å². The first-order chi connectivity index (χ1) is 14.0. The first-order valence-electron chi connectivity index (χ1n) is 10.3. The summed E-state index contributed by atoms with van der Waals surface area (Å²) in [6.45, 7) is 12.6. The van der Waals surface area contributed by atoms with Gasteiger partial charge in [0.05, 0.1) is 65.1 Å².